The third kappa shape index (κ3) is 4.00. The van der Waals surface area contributed by atoms with Gasteiger partial charge in [-0.2, -0.15) is 18.3 Å². The molecule has 3 heterocycles. The Morgan fingerprint density at radius 1 is 1.06 bits per heavy atom. The van der Waals surface area contributed by atoms with Gasteiger partial charge in [0.1, 0.15) is 5.69 Å². The van der Waals surface area contributed by atoms with Gasteiger partial charge in [0.05, 0.1) is 11.4 Å². The van der Waals surface area contributed by atoms with Crippen LogP contribution in [-0.2, 0) is 6.18 Å². The van der Waals surface area contributed by atoms with E-state index in [0.29, 0.717) is 22.8 Å². The van der Waals surface area contributed by atoms with Crippen molar-refractivity contribution in [2.45, 2.75) is 13.1 Å². The number of alkyl halides is 3. The van der Waals surface area contributed by atoms with Crippen molar-refractivity contribution in [1.82, 2.24) is 30.0 Å². The number of nitrogens with zero attached hydrogens (tertiary/aromatic N) is 5. The van der Waals surface area contributed by atoms with Crippen LogP contribution in [0.2, 0.25) is 0 Å². The van der Waals surface area contributed by atoms with Crippen LogP contribution in [0.3, 0.4) is 0 Å². The van der Waals surface area contributed by atoms with Crippen molar-refractivity contribution in [3.63, 3.8) is 0 Å². The molecule has 0 atom stereocenters. The summed E-state index contributed by atoms with van der Waals surface area (Å²) in [6.45, 7) is 1.65. The number of aromatic nitrogens is 5. The molecule has 1 amide bonds. The fourth-order valence-electron chi connectivity index (χ4n) is 2.94. The number of benzene rings is 1. The minimum Gasteiger partial charge on any atom is -0.324 e. The van der Waals surface area contributed by atoms with Crippen molar-refractivity contribution in [2.75, 3.05) is 5.32 Å². The van der Waals surface area contributed by atoms with E-state index in [1.54, 1.807) is 19.1 Å². The number of imidazole rings is 1. The number of hydroxylamine groups is 1. The smallest absolute Gasteiger partial charge is 0.324 e. The molecule has 0 saturated heterocycles. The molecule has 0 aliphatic carbocycles. The van der Waals surface area contributed by atoms with Gasteiger partial charge in [0.15, 0.2) is 11.3 Å². The van der Waals surface area contributed by atoms with E-state index in [4.69, 9.17) is 5.21 Å². The largest absolute Gasteiger partial charge is 0.435 e. The van der Waals surface area contributed by atoms with Gasteiger partial charge in [-0.25, -0.2) is 24.9 Å². The van der Waals surface area contributed by atoms with Crippen molar-refractivity contribution in [3.05, 3.63) is 65.6 Å². The summed E-state index contributed by atoms with van der Waals surface area (Å²) in [6.07, 6.45) is -3.15. The molecular weight excluding hydrogens is 415 g/mol. The average molecular weight is 429 g/mol. The number of carbonyl (C=O) groups is 1. The number of hydrogen-bond acceptors (Lipinski definition) is 7. The zero-order chi connectivity index (χ0) is 22.2. The normalized spacial score (nSPS) is 11.5. The lowest BCUT2D eigenvalue weighted by atomic mass is 10.2. The fraction of sp³-hybridized carbons (Fsp3) is 0.105. The quantitative estimate of drug-likeness (QED) is 0.336. The highest BCUT2D eigenvalue weighted by molar-refractivity contribution is 5.93. The van der Waals surface area contributed by atoms with Crippen molar-refractivity contribution in [3.8, 4) is 11.4 Å². The van der Waals surface area contributed by atoms with E-state index < -0.39 is 17.8 Å². The topological polar surface area (TPSA) is 117 Å². The molecule has 0 spiro atoms. The Bertz CT molecular complexity index is 1270. The number of halogens is 3. The van der Waals surface area contributed by atoms with Gasteiger partial charge in [0, 0.05) is 17.4 Å². The molecule has 12 heteroatoms. The molecule has 0 fully saturated rings. The van der Waals surface area contributed by atoms with Gasteiger partial charge >= 0.3 is 6.18 Å². The fourth-order valence-corrected chi connectivity index (χ4v) is 2.94. The van der Waals surface area contributed by atoms with E-state index in [0.717, 1.165) is 10.6 Å². The lowest BCUT2D eigenvalue weighted by Crippen LogP contribution is -2.18. The number of rotatable bonds is 4. The highest BCUT2D eigenvalue weighted by Gasteiger charge is 2.33. The Labute approximate surface area is 172 Å². The second kappa shape index (κ2) is 7.65. The number of amides is 1. The summed E-state index contributed by atoms with van der Waals surface area (Å²) in [4.78, 5) is 24.1. The molecule has 0 bridgehead atoms. The number of aryl methyl sites for hydroxylation is 1. The SMILES string of the molecule is Cc1nc2ccc(C(F)(F)F)nn2c1-c1ccnc(Nc2ccc(C(=O)NO)cc2)n1. The number of carbonyl (C=O) groups excluding carboxylic acids is 1. The highest BCUT2D eigenvalue weighted by atomic mass is 19.4. The van der Waals surface area contributed by atoms with Gasteiger partial charge in [-0.05, 0) is 49.4 Å². The summed E-state index contributed by atoms with van der Waals surface area (Å²) in [5.41, 5.74) is 2.64. The van der Waals surface area contributed by atoms with Crippen LogP contribution in [0.4, 0.5) is 24.8 Å². The number of nitrogens with one attached hydrogen (secondary N) is 2. The molecule has 1 aromatic carbocycles. The Morgan fingerprint density at radius 2 is 1.81 bits per heavy atom. The Morgan fingerprint density at radius 3 is 2.48 bits per heavy atom. The third-order valence-electron chi connectivity index (χ3n) is 4.35. The lowest BCUT2D eigenvalue weighted by molar-refractivity contribution is -0.141. The minimum atomic E-state index is -4.60. The van der Waals surface area contributed by atoms with Gasteiger partial charge < -0.3 is 5.32 Å². The van der Waals surface area contributed by atoms with E-state index in [1.807, 2.05) is 0 Å². The first kappa shape index (κ1) is 20.2. The molecule has 3 aromatic heterocycles. The third-order valence-corrected chi connectivity index (χ3v) is 4.35. The summed E-state index contributed by atoms with van der Waals surface area (Å²) >= 11 is 0. The first-order valence-electron chi connectivity index (χ1n) is 8.85. The van der Waals surface area contributed by atoms with Gasteiger partial charge in [0.2, 0.25) is 5.95 Å². The van der Waals surface area contributed by atoms with Crippen LogP contribution in [0.5, 0.6) is 0 Å². The van der Waals surface area contributed by atoms with Gasteiger partial charge in [-0.15, -0.1) is 0 Å². The van der Waals surface area contributed by atoms with Crippen LogP contribution in [0.15, 0.2) is 48.7 Å². The standard InChI is InChI=1S/C19H14F3N7O2/c1-10-16(29-15(24-10)7-6-14(27-29)19(20,21)22)13-8-9-23-18(26-13)25-12-4-2-11(3-5-12)17(30)28-31/h2-9,31H,1H3,(H,28,30)(H,23,25,26). The highest BCUT2D eigenvalue weighted by Crippen LogP contribution is 2.29. The molecule has 31 heavy (non-hydrogen) atoms. The predicted molar refractivity (Wildman–Crippen MR) is 103 cm³/mol. The van der Waals surface area contributed by atoms with Gasteiger partial charge in [0.25, 0.3) is 5.91 Å². The van der Waals surface area contributed by atoms with Crippen LogP contribution in [-0.4, -0.2) is 35.7 Å². The van der Waals surface area contributed by atoms with Crippen molar-refractivity contribution >= 4 is 23.2 Å². The summed E-state index contributed by atoms with van der Waals surface area (Å²) in [7, 11) is 0. The zero-order valence-electron chi connectivity index (χ0n) is 15.8. The number of anilines is 2. The average Bonchev–Trinajstić information content (AvgIpc) is 3.08. The molecule has 0 saturated carbocycles. The molecule has 4 aromatic rings. The number of hydrogen-bond donors (Lipinski definition) is 3. The molecule has 0 radical (unpaired) electrons. The summed E-state index contributed by atoms with van der Waals surface area (Å²) < 4.78 is 40.4. The van der Waals surface area contributed by atoms with Crippen molar-refractivity contribution < 1.29 is 23.2 Å². The van der Waals surface area contributed by atoms with Gasteiger partial charge in [-0.1, -0.05) is 0 Å². The monoisotopic (exact) mass is 429 g/mol. The molecule has 0 aliphatic heterocycles. The molecule has 158 valence electrons. The summed E-state index contributed by atoms with van der Waals surface area (Å²) in [5.74, 6) is -0.475. The van der Waals surface area contributed by atoms with Crippen molar-refractivity contribution in [1.29, 1.82) is 0 Å². The predicted octanol–water partition coefficient (Wildman–Crippen LogP) is 3.38. The van der Waals surface area contributed by atoms with E-state index >= 15 is 0 Å². The second-order valence-electron chi connectivity index (χ2n) is 6.44. The van der Waals surface area contributed by atoms with Crippen molar-refractivity contribution in [2.24, 2.45) is 0 Å². The lowest BCUT2D eigenvalue weighted by Gasteiger charge is -2.09. The molecule has 9 nitrogen and oxygen atoms in total. The summed E-state index contributed by atoms with van der Waals surface area (Å²) in [5, 5.41) is 15.3. The first-order valence-corrected chi connectivity index (χ1v) is 8.85. The molecule has 0 aliphatic rings. The van der Waals surface area contributed by atoms with E-state index in [2.05, 4.69) is 25.4 Å². The molecule has 0 unspecified atom stereocenters. The van der Waals surface area contributed by atoms with Crippen LogP contribution < -0.4 is 10.8 Å². The van der Waals surface area contributed by atoms with Crippen LogP contribution in [0, 0.1) is 6.92 Å². The zero-order valence-corrected chi connectivity index (χ0v) is 15.8. The maximum atomic E-state index is 13.1. The van der Waals surface area contributed by atoms with E-state index in [-0.39, 0.29) is 17.2 Å². The molecular formula is C19H14F3N7O2. The minimum absolute atomic E-state index is 0.179. The van der Waals surface area contributed by atoms with Crippen LogP contribution >= 0.6 is 0 Å². The van der Waals surface area contributed by atoms with E-state index in [9.17, 15) is 18.0 Å². The Balaban J connectivity index is 1.69. The first-order chi connectivity index (χ1) is 14.8. The molecule has 3 N–H and O–H groups in total. The Hall–Kier alpha value is -4.06. The maximum absolute atomic E-state index is 13.1. The second-order valence-corrected chi connectivity index (χ2v) is 6.44. The van der Waals surface area contributed by atoms with Gasteiger partial charge in [-0.3, -0.25) is 10.0 Å². The number of fused-ring (bicyclic) bond motifs is 1. The van der Waals surface area contributed by atoms with Crippen LogP contribution in [0.25, 0.3) is 17.0 Å². The van der Waals surface area contributed by atoms with Crippen LogP contribution in [0.1, 0.15) is 21.7 Å². The summed E-state index contributed by atoms with van der Waals surface area (Å²) in [6, 6.07) is 9.78. The Kier molecular flexibility index (Phi) is 4.99. The molecule has 4 rings (SSSR count). The maximum Gasteiger partial charge on any atom is 0.435 e. The van der Waals surface area contributed by atoms with E-state index in [1.165, 1.54) is 35.9 Å².